The van der Waals surface area contributed by atoms with Gasteiger partial charge in [-0.15, -0.1) is 0 Å². The molecule has 0 aliphatic carbocycles. The topological polar surface area (TPSA) is 64.3 Å². The van der Waals surface area contributed by atoms with E-state index in [4.69, 9.17) is 9.84 Å². The highest BCUT2D eigenvalue weighted by Crippen LogP contribution is 2.10. The Hall–Kier alpha value is -2.92. The number of hydrogen-bond acceptors (Lipinski definition) is 4. The lowest BCUT2D eigenvalue weighted by Crippen LogP contribution is -2.19. The fourth-order valence-corrected chi connectivity index (χ4v) is 2.57. The third-order valence-electron chi connectivity index (χ3n) is 4.17. The highest BCUT2D eigenvalue weighted by atomic mass is 16.5. The van der Waals surface area contributed by atoms with Gasteiger partial charge in [-0.25, -0.2) is 0 Å². The van der Waals surface area contributed by atoms with Gasteiger partial charge < -0.3 is 14.4 Å². The smallest absolute Gasteiger partial charge is 0.254 e. The lowest BCUT2D eigenvalue weighted by atomic mass is 10.1. The Morgan fingerprint density at radius 3 is 2.50 bits per heavy atom. The predicted octanol–water partition coefficient (Wildman–Crippen LogP) is 2.87. The summed E-state index contributed by atoms with van der Waals surface area (Å²) in [4.78, 5) is 16.5. The molecule has 0 bridgehead atoms. The third-order valence-corrected chi connectivity index (χ3v) is 4.17. The van der Waals surface area contributed by atoms with Gasteiger partial charge in [-0.1, -0.05) is 30.3 Å². The monoisotopic (exact) mass is 350 g/mol. The van der Waals surface area contributed by atoms with Gasteiger partial charge in [0.05, 0.1) is 12.3 Å². The molecule has 0 aliphatic rings. The van der Waals surface area contributed by atoms with Gasteiger partial charge in [0, 0.05) is 25.0 Å². The summed E-state index contributed by atoms with van der Waals surface area (Å²) < 4.78 is 7.32. The molecule has 0 radical (unpaired) electrons. The number of rotatable bonds is 7. The van der Waals surface area contributed by atoms with Crippen LogP contribution in [0, 0.1) is 6.92 Å². The van der Waals surface area contributed by atoms with Crippen molar-refractivity contribution in [3.8, 4) is 5.75 Å². The fraction of sp³-hybridized carbons (Fsp3) is 0.238. The van der Waals surface area contributed by atoms with Crippen LogP contribution in [0.3, 0.4) is 0 Å². The maximum Gasteiger partial charge on any atom is 0.254 e. The molecule has 1 aromatic carbocycles. The van der Waals surface area contributed by atoms with Crippen LogP contribution in [0.1, 0.15) is 22.4 Å². The van der Waals surface area contributed by atoms with E-state index in [9.17, 15) is 4.79 Å². The summed E-state index contributed by atoms with van der Waals surface area (Å²) in [5, 5.41) is 9.07. The molecular formula is C21H22N2O3. The van der Waals surface area contributed by atoms with Crippen LogP contribution in [0.2, 0.25) is 0 Å². The first kappa shape index (κ1) is 17.9. The Morgan fingerprint density at radius 1 is 1.08 bits per heavy atom. The zero-order chi connectivity index (χ0) is 18.4. The van der Waals surface area contributed by atoms with Gasteiger partial charge in [-0.3, -0.25) is 9.78 Å². The number of hydrogen-bond donors (Lipinski definition) is 1. The second-order valence-corrected chi connectivity index (χ2v) is 6.23. The third kappa shape index (κ3) is 4.80. The first-order valence-corrected chi connectivity index (χ1v) is 8.57. The molecule has 5 nitrogen and oxygen atoms in total. The van der Waals surface area contributed by atoms with Crippen LogP contribution in [-0.2, 0) is 26.2 Å². The molecule has 0 unspecified atom stereocenters. The highest BCUT2D eigenvalue weighted by Gasteiger charge is 2.02. The number of aromatic nitrogens is 2. The van der Waals surface area contributed by atoms with Crippen LogP contribution in [0.25, 0.3) is 0 Å². The minimum Gasteiger partial charge on any atom is -0.487 e. The molecule has 2 aromatic heterocycles. The van der Waals surface area contributed by atoms with E-state index >= 15 is 0 Å². The van der Waals surface area contributed by atoms with Crippen molar-refractivity contribution < 1.29 is 9.84 Å². The Bertz CT molecular complexity index is 900. The summed E-state index contributed by atoms with van der Waals surface area (Å²) in [7, 11) is 0. The van der Waals surface area contributed by atoms with Crippen molar-refractivity contribution in [1.82, 2.24) is 9.55 Å². The molecule has 0 fully saturated rings. The Labute approximate surface area is 152 Å². The number of aliphatic hydroxyl groups excluding tert-OH is 1. The SMILES string of the molecule is Cc1ccc(COc2ccn(CCc3ccc(CO)cc3)c(=O)c2)nc1. The summed E-state index contributed by atoms with van der Waals surface area (Å²) in [5.74, 6) is 0.543. The molecule has 5 heteroatoms. The first-order valence-electron chi connectivity index (χ1n) is 8.57. The van der Waals surface area contributed by atoms with Gasteiger partial charge in [0.15, 0.2) is 0 Å². The molecule has 2 heterocycles. The van der Waals surface area contributed by atoms with Crippen LogP contribution in [0.15, 0.2) is 65.7 Å². The van der Waals surface area contributed by atoms with E-state index in [-0.39, 0.29) is 12.2 Å². The van der Waals surface area contributed by atoms with Crippen LogP contribution in [0.4, 0.5) is 0 Å². The van der Waals surface area contributed by atoms with Crippen molar-refractivity contribution in [2.24, 2.45) is 0 Å². The normalized spacial score (nSPS) is 10.7. The molecule has 1 N–H and O–H groups in total. The second-order valence-electron chi connectivity index (χ2n) is 6.23. The summed E-state index contributed by atoms with van der Waals surface area (Å²) in [5.41, 5.74) is 3.84. The molecule has 3 aromatic rings. The van der Waals surface area contributed by atoms with E-state index in [0.717, 1.165) is 28.8 Å². The average molecular weight is 350 g/mol. The zero-order valence-electron chi connectivity index (χ0n) is 14.8. The van der Waals surface area contributed by atoms with Crippen LogP contribution < -0.4 is 10.3 Å². The number of aliphatic hydroxyl groups is 1. The van der Waals surface area contributed by atoms with E-state index in [2.05, 4.69) is 4.98 Å². The van der Waals surface area contributed by atoms with Gasteiger partial charge in [0.25, 0.3) is 5.56 Å². The second kappa shape index (κ2) is 8.45. The molecule has 0 saturated carbocycles. The summed E-state index contributed by atoms with van der Waals surface area (Å²) in [6.45, 7) is 2.95. The molecule has 0 spiro atoms. The number of ether oxygens (including phenoxy) is 1. The lowest BCUT2D eigenvalue weighted by molar-refractivity contribution is 0.282. The summed E-state index contributed by atoms with van der Waals surface area (Å²) in [6.07, 6.45) is 4.30. The molecule has 3 rings (SSSR count). The number of nitrogens with zero attached hydrogens (tertiary/aromatic N) is 2. The van der Waals surface area contributed by atoms with Gasteiger partial charge in [0.1, 0.15) is 12.4 Å². The standard InChI is InChI=1S/C21H22N2O3/c1-16-2-7-19(22-13-16)15-26-20-9-11-23(21(25)12-20)10-8-17-3-5-18(14-24)6-4-17/h2-7,9,11-13,24H,8,10,14-15H2,1H3. The largest absolute Gasteiger partial charge is 0.487 e. The van der Waals surface area contributed by atoms with Gasteiger partial charge in [-0.05, 0) is 42.2 Å². The van der Waals surface area contributed by atoms with Gasteiger partial charge in [-0.2, -0.15) is 0 Å². The minimum absolute atomic E-state index is 0.0410. The molecule has 0 saturated heterocycles. The Balaban J connectivity index is 1.58. The zero-order valence-corrected chi connectivity index (χ0v) is 14.8. The lowest BCUT2D eigenvalue weighted by Gasteiger charge is -2.09. The molecule has 0 amide bonds. The van der Waals surface area contributed by atoms with Crippen LogP contribution in [-0.4, -0.2) is 14.7 Å². The van der Waals surface area contributed by atoms with E-state index in [1.54, 1.807) is 23.0 Å². The van der Waals surface area contributed by atoms with Gasteiger partial charge in [0.2, 0.25) is 0 Å². The Kier molecular flexibility index (Phi) is 5.81. The van der Waals surface area contributed by atoms with Crippen molar-refractivity contribution >= 4 is 0 Å². The van der Waals surface area contributed by atoms with Crippen molar-refractivity contribution in [3.05, 3.63) is 93.7 Å². The van der Waals surface area contributed by atoms with Crippen molar-refractivity contribution in [2.45, 2.75) is 33.1 Å². The number of benzene rings is 1. The molecule has 0 aliphatic heterocycles. The molecule has 134 valence electrons. The maximum absolute atomic E-state index is 12.3. The number of aryl methyl sites for hydroxylation is 3. The van der Waals surface area contributed by atoms with Crippen molar-refractivity contribution in [1.29, 1.82) is 0 Å². The number of pyridine rings is 2. The van der Waals surface area contributed by atoms with Crippen molar-refractivity contribution in [2.75, 3.05) is 0 Å². The van der Waals surface area contributed by atoms with Crippen molar-refractivity contribution in [3.63, 3.8) is 0 Å². The summed E-state index contributed by atoms with van der Waals surface area (Å²) >= 11 is 0. The maximum atomic E-state index is 12.3. The van der Waals surface area contributed by atoms with E-state index in [0.29, 0.717) is 18.9 Å². The Morgan fingerprint density at radius 2 is 1.85 bits per heavy atom. The average Bonchev–Trinajstić information content (AvgIpc) is 2.67. The van der Waals surface area contributed by atoms with Crippen LogP contribution >= 0.6 is 0 Å². The molecular weight excluding hydrogens is 328 g/mol. The summed E-state index contributed by atoms with van der Waals surface area (Å²) in [6, 6.07) is 14.9. The first-order chi connectivity index (χ1) is 12.6. The molecule has 26 heavy (non-hydrogen) atoms. The predicted molar refractivity (Wildman–Crippen MR) is 100 cm³/mol. The fourth-order valence-electron chi connectivity index (χ4n) is 2.57. The molecule has 0 atom stereocenters. The van der Waals surface area contributed by atoms with Crippen LogP contribution in [0.5, 0.6) is 5.75 Å². The highest BCUT2D eigenvalue weighted by molar-refractivity contribution is 5.22. The quantitative estimate of drug-likeness (QED) is 0.712. The minimum atomic E-state index is -0.0913. The van der Waals surface area contributed by atoms with E-state index in [1.807, 2.05) is 43.3 Å². The van der Waals surface area contributed by atoms with E-state index in [1.165, 1.54) is 6.07 Å². The van der Waals surface area contributed by atoms with E-state index < -0.39 is 0 Å². The van der Waals surface area contributed by atoms with Gasteiger partial charge >= 0.3 is 0 Å².